The van der Waals surface area contributed by atoms with Crippen LogP contribution in [0.15, 0.2) is 18.7 Å². The van der Waals surface area contributed by atoms with E-state index in [0.29, 0.717) is 18.2 Å². The van der Waals surface area contributed by atoms with Crippen LogP contribution in [0, 0.1) is 0 Å². The normalized spacial score (nSPS) is 16.0. The van der Waals surface area contributed by atoms with Crippen LogP contribution in [0.1, 0.15) is 74.2 Å². The van der Waals surface area contributed by atoms with Gasteiger partial charge in [0.1, 0.15) is 6.33 Å². The molecule has 2 aromatic rings. The number of hydrogen-bond donors (Lipinski definition) is 1. The van der Waals surface area contributed by atoms with Gasteiger partial charge in [-0.15, -0.1) is 10.2 Å². The molecule has 1 aliphatic carbocycles. The van der Waals surface area contributed by atoms with Gasteiger partial charge < -0.3 is 9.88 Å². The Labute approximate surface area is 136 Å². The number of rotatable bonds is 5. The average molecular weight is 316 g/mol. The highest BCUT2D eigenvalue weighted by Gasteiger charge is 2.19. The molecule has 0 aromatic carbocycles. The highest BCUT2D eigenvalue weighted by Crippen LogP contribution is 2.28. The molecule has 0 aliphatic heterocycles. The molecule has 0 saturated heterocycles. The van der Waals surface area contributed by atoms with E-state index in [1.54, 1.807) is 23.4 Å². The van der Waals surface area contributed by atoms with Crippen molar-refractivity contribution < 1.29 is 4.79 Å². The molecule has 2 heterocycles. The smallest absolute Gasteiger partial charge is 0.254 e. The summed E-state index contributed by atoms with van der Waals surface area (Å²) in [4.78, 5) is 12.2. The molecule has 124 valence electrons. The number of nitrogens with zero attached hydrogens (tertiary/aromatic N) is 5. The van der Waals surface area contributed by atoms with Crippen LogP contribution in [0.4, 0.5) is 0 Å². The zero-order valence-electron chi connectivity index (χ0n) is 13.8. The van der Waals surface area contributed by atoms with E-state index >= 15 is 0 Å². The summed E-state index contributed by atoms with van der Waals surface area (Å²) in [6.45, 7) is 4.45. The third kappa shape index (κ3) is 3.60. The quantitative estimate of drug-likeness (QED) is 0.919. The molecule has 1 saturated carbocycles. The molecule has 1 amide bonds. The van der Waals surface area contributed by atoms with Crippen molar-refractivity contribution in [2.75, 3.05) is 0 Å². The summed E-state index contributed by atoms with van der Waals surface area (Å²) in [6.07, 6.45) is 11.3. The summed E-state index contributed by atoms with van der Waals surface area (Å²) in [5.74, 6) is 0.691. The minimum Gasteiger partial charge on any atom is -0.345 e. The summed E-state index contributed by atoms with van der Waals surface area (Å²) >= 11 is 0. The van der Waals surface area contributed by atoms with Crippen LogP contribution in [-0.2, 0) is 6.54 Å². The van der Waals surface area contributed by atoms with Gasteiger partial charge >= 0.3 is 0 Å². The highest BCUT2D eigenvalue weighted by atomic mass is 16.1. The van der Waals surface area contributed by atoms with E-state index in [1.807, 2.05) is 13.8 Å². The van der Waals surface area contributed by atoms with Crippen molar-refractivity contribution in [3.63, 3.8) is 0 Å². The third-order valence-corrected chi connectivity index (χ3v) is 4.42. The molecule has 1 N–H and O–H groups in total. The van der Waals surface area contributed by atoms with Crippen LogP contribution >= 0.6 is 0 Å². The zero-order valence-corrected chi connectivity index (χ0v) is 13.8. The van der Waals surface area contributed by atoms with Crippen molar-refractivity contribution in [3.05, 3.63) is 30.1 Å². The SMILES string of the molecule is CC(C)n1cc(C(=O)NCc2nncn2C2CCCCC2)cn1. The molecule has 0 spiro atoms. The van der Waals surface area contributed by atoms with Gasteiger partial charge in [0.15, 0.2) is 5.82 Å². The number of carbonyl (C=O) groups is 1. The lowest BCUT2D eigenvalue weighted by Crippen LogP contribution is -2.25. The summed E-state index contributed by atoms with van der Waals surface area (Å²) in [7, 11) is 0. The summed E-state index contributed by atoms with van der Waals surface area (Å²) < 4.78 is 3.90. The summed E-state index contributed by atoms with van der Waals surface area (Å²) in [6, 6.07) is 0.709. The Hall–Kier alpha value is -2.18. The monoisotopic (exact) mass is 316 g/mol. The van der Waals surface area contributed by atoms with E-state index in [1.165, 1.54) is 32.1 Å². The molecular formula is C16H24N6O. The average Bonchev–Trinajstić information content (AvgIpc) is 3.22. The van der Waals surface area contributed by atoms with E-state index in [9.17, 15) is 4.79 Å². The number of carbonyl (C=O) groups excluding carboxylic acids is 1. The lowest BCUT2D eigenvalue weighted by Gasteiger charge is -2.23. The number of nitrogens with one attached hydrogen (secondary N) is 1. The molecule has 0 atom stereocenters. The second-order valence-electron chi connectivity index (χ2n) is 6.43. The van der Waals surface area contributed by atoms with Crippen molar-refractivity contribution in [3.8, 4) is 0 Å². The van der Waals surface area contributed by atoms with E-state index in [-0.39, 0.29) is 11.9 Å². The van der Waals surface area contributed by atoms with Crippen molar-refractivity contribution in [1.82, 2.24) is 29.9 Å². The predicted octanol–water partition coefficient (Wildman–Crippen LogP) is 2.49. The fourth-order valence-corrected chi connectivity index (χ4v) is 3.06. The molecule has 0 unspecified atom stereocenters. The third-order valence-electron chi connectivity index (χ3n) is 4.42. The van der Waals surface area contributed by atoms with E-state index in [0.717, 1.165) is 5.82 Å². The van der Waals surface area contributed by atoms with Gasteiger partial charge in [-0.2, -0.15) is 5.10 Å². The van der Waals surface area contributed by atoms with Gasteiger partial charge in [0, 0.05) is 18.3 Å². The maximum absolute atomic E-state index is 12.2. The fraction of sp³-hybridized carbons (Fsp3) is 0.625. The molecule has 23 heavy (non-hydrogen) atoms. The molecular weight excluding hydrogens is 292 g/mol. The minimum atomic E-state index is -0.130. The van der Waals surface area contributed by atoms with Crippen molar-refractivity contribution in [2.45, 2.75) is 64.6 Å². The first-order valence-electron chi connectivity index (χ1n) is 8.36. The first-order valence-corrected chi connectivity index (χ1v) is 8.36. The van der Waals surface area contributed by atoms with E-state index in [2.05, 4.69) is 25.2 Å². The maximum atomic E-state index is 12.2. The molecule has 3 rings (SSSR count). The van der Waals surface area contributed by atoms with Gasteiger partial charge in [-0.25, -0.2) is 0 Å². The predicted molar refractivity (Wildman–Crippen MR) is 85.9 cm³/mol. The fourth-order valence-electron chi connectivity index (χ4n) is 3.06. The molecule has 0 bridgehead atoms. The van der Waals surface area contributed by atoms with Crippen LogP contribution in [-0.4, -0.2) is 30.5 Å². The minimum absolute atomic E-state index is 0.130. The zero-order chi connectivity index (χ0) is 16.2. The lowest BCUT2D eigenvalue weighted by molar-refractivity contribution is 0.0949. The molecule has 0 radical (unpaired) electrons. The second kappa shape index (κ2) is 6.93. The number of amides is 1. The standard InChI is InChI=1S/C16H24N6O/c1-12(2)22-10-13(8-19-22)16(23)17-9-15-20-18-11-21(15)14-6-4-3-5-7-14/h8,10-12,14H,3-7,9H2,1-2H3,(H,17,23). The number of aromatic nitrogens is 5. The molecule has 1 aliphatic rings. The highest BCUT2D eigenvalue weighted by molar-refractivity contribution is 5.93. The molecule has 7 nitrogen and oxygen atoms in total. The van der Waals surface area contributed by atoms with Crippen LogP contribution < -0.4 is 5.32 Å². The van der Waals surface area contributed by atoms with Gasteiger partial charge in [0.05, 0.1) is 18.3 Å². The van der Waals surface area contributed by atoms with Gasteiger partial charge in [0.2, 0.25) is 0 Å². The van der Waals surface area contributed by atoms with Crippen molar-refractivity contribution in [2.24, 2.45) is 0 Å². The Morgan fingerprint density at radius 1 is 1.35 bits per heavy atom. The topological polar surface area (TPSA) is 77.6 Å². The maximum Gasteiger partial charge on any atom is 0.254 e. The summed E-state index contributed by atoms with van der Waals surface area (Å²) in [5, 5.41) is 15.3. The van der Waals surface area contributed by atoms with Crippen LogP contribution in [0.2, 0.25) is 0 Å². The molecule has 1 fully saturated rings. The second-order valence-corrected chi connectivity index (χ2v) is 6.43. The first kappa shape index (κ1) is 15.7. The largest absolute Gasteiger partial charge is 0.345 e. The molecule has 2 aromatic heterocycles. The number of hydrogen-bond acceptors (Lipinski definition) is 4. The first-order chi connectivity index (χ1) is 11.1. The van der Waals surface area contributed by atoms with Gasteiger partial charge in [-0.05, 0) is 26.7 Å². The van der Waals surface area contributed by atoms with E-state index in [4.69, 9.17) is 0 Å². The Kier molecular flexibility index (Phi) is 4.73. The van der Waals surface area contributed by atoms with Gasteiger partial charge in [-0.3, -0.25) is 9.48 Å². The molecule has 7 heteroatoms. The lowest BCUT2D eigenvalue weighted by atomic mass is 9.95. The van der Waals surface area contributed by atoms with Crippen LogP contribution in [0.25, 0.3) is 0 Å². The Balaban J connectivity index is 1.61. The van der Waals surface area contributed by atoms with Gasteiger partial charge in [-0.1, -0.05) is 19.3 Å². The summed E-state index contributed by atoms with van der Waals surface area (Å²) in [5.41, 5.74) is 0.572. The van der Waals surface area contributed by atoms with E-state index < -0.39 is 0 Å². The van der Waals surface area contributed by atoms with Crippen molar-refractivity contribution in [1.29, 1.82) is 0 Å². The Morgan fingerprint density at radius 3 is 2.83 bits per heavy atom. The van der Waals surface area contributed by atoms with Gasteiger partial charge in [0.25, 0.3) is 5.91 Å². The Morgan fingerprint density at radius 2 is 2.13 bits per heavy atom. The van der Waals surface area contributed by atoms with Crippen LogP contribution in [0.3, 0.4) is 0 Å². The van der Waals surface area contributed by atoms with Crippen molar-refractivity contribution >= 4 is 5.91 Å². The van der Waals surface area contributed by atoms with Crippen LogP contribution in [0.5, 0.6) is 0 Å². The Bertz CT molecular complexity index is 653.